The van der Waals surface area contributed by atoms with Gasteiger partial charge in [-0.25, -0.2) is 9.59 Å². The predicted molar refractivity (Wildman–Crippen MR) is 182 cm³/mol. The summed E-state index contributed by atoms with van der Waals surface area (Å²) < 4.78 is 0. The molecule has 0 atom stereocenters. The number of unbranched alkanes of at least 4 members (excludes halogenated alkanes) is 2. The average molecular weight is 632 g/mol. The van der Waals surface area contributed by atoms with Gasteiger partial charge in [0.15, 0.2) is 0 Å². The Kier molecular flexibility index (Phi) is 10.3. The molecule has 0 spiro atoms. The SMILES string of the molecule is CCCCC1(CCCC)c2cc(C(=N\OC(=O)c3ccccc3)/C(C)=N/OC(=O)c3ccccc3)ccc2-c2ccc([N+](=O)[O-])cc21. The summed E-state index contributed by atoms with van der Waals surface area (Å²) in [6.07, 6.45) is 5.42. The average Bonchev–Trinajstić information content (AvgIpc) is 3.37. The number of oxime groups is 2. The summed E-state index contributed by atoms with van der Waals surface area (Å²) in [5.41, 5.74) is 5.24. The van der Waals surface area contributed by atoms with E-state index in [4.69, 9.17) is 9.68 Å². The van der Waals surface area contributed by atoms with Crippen LogP contribution in [0.3, 0.4) is 0 Å². The largest absolute Gasteiger partial charge is 0.365 e. The molecule has 9 nitrogen and oxygen atoms in total. The van der Waals surface area contributed by atoms with Gasteiger partial charge in [0.2, 0.25) is 0 Å². The second-order valence-electron chi connectivity index (χ2n) is 11.6. The Hall–Kier alpha value is -5.44. The number of nitro benzene ring substituents is 1. The second-order valence-corrected chi connectivity index (χ2v) is 11.6. The Morgan fingerprint density at radius 3 is 1.74 bits per heavy atom. The molecule has 0 saturated carbocycles. The van der Waals surface area contributed by atoms with Crippen molar-refractivity contribution in [1.82, 2.24) is 0 Å². The Morgan fingerprint density at radius 2 is 1.21 bits per heavy atom. The van der Waals surface area contributed by atoms with Gasteiger partial charge in [-0.15, -0.1) is 0 Å². The minimum absolute atomic E-state index is 0.0624. The summed E-state index contributed by atoms with van der Waals surface area (Å²) >= 11 is 0. The van der Waals surface area contributed by atoms with Crippen LogP contribution >= 0.6 is 0 Å². The molecule has 4 aromatic carbocycles. The van der Waals surface area contributed by atoms with Crippen molar-refractivity contribution in [2.75, 3.05) is 0 Å². The van der Waals surface area contributed by atoms with Crippen LogP contribution in [0.1, 0.15) is 96.7 Å². The van der Waals surface area contributed by atoms with Crippen LogP contribution in [0, 0.1) is 10.1 Å². The summed E-state index contributed by atoms with van der Waals surface area (Å²) in [6.45, 7) is 5.90. The van der Waals surface area contributed by atoms with E-state index in [9.17, 15) is 19.7 Å². The van der Waals surface area contributed by atoms with Crippen molar-refractivity contribution in [1.29, 1.82) is 0 Å². The van der Waals surface area contributed by atoms with Crippen molar-refractivity contribution in [3.05, 3.63) is 135 Å². The Morgan fingerprint density at radius 1 is 0.702 bits per heavy atom. The molecule has 0 fully saturated rings. The van der Waals surface area contributed by atoms with Crippen molar-refractivity contribution in [2.45, 2.75) is 64.7 Å². The monoisotopic (exact) mass is 631 g/mol. The van der Waals surface area contributed by atoms with Crippen LogP contribution in [0.15, 0.2) is 107 Å². The van der Waals surface area contributed by atoms with Gasteiger partial charge in [0.05, 0.1) is 16.1 Å². The lowest BCUT2D eigenvalue weighted by atomic mass is 9.70. The fraction of sp³-hybridized carbons (Fsp3) is 0.263. The quantitative estimate of drug-likeness (QED) is 0.0628. The zero-order chi connectivity index (χ0) is 33.4. The molecule has 0 bridgehead atoms. The van der Waals surface area contributed by atoms with E-state index in [1.165, 1.54) is 0 Å². The van der Waals surface area contributed by atoms with Crippen LogP contribution in [-0.4, -0.2) is 28.3 Å². The highest BCUT2D eigenvalue weighted by molar-refractivity contribution is 6.47. The third kappa shape index (κ3) is 7.04. The molecule has 0 unspecified atom stereocenters. The molecule has 0 aromatic heterocycles. The highest BCUT2D eigenvalue weighted by Crippen LogP contribution is 2.55. The molecular formula is C38H37N3O6. The smallest absolute Gasteiger partial charge is 0.312 e. The molecule has 0 radical (unpaired) electrons. The van der Waals surface area contributed by atoms with E-state index in [1.807, 2.05) is 24.3 Å². The van der Waals surface area contributed by atoms with Crippen LogP contribution < -0.4 is 0 Å². The van der Waals surface area contributed by atoms with Crippen LogP contribution in [0.4, 0.5) is 5.69 Å². The normalized spacial score (nSPS) is 13.4. The summed E-state index contributed by atoms with van der Waals surface area (Å²) in [7, 11) is 0. The molecule has 0 heterocycles. The third-order valence-corrected chi connectivity index (χ3v) is 8.59. The van der Waals surface area contributed by atoms with Crippen molar-refractivity contribution in [2.24, 2.45) is 10.3 Å². The highest BCUT2D eigenvalue weighted by atomic mass is 16.7. The molecule has 1 aliphatic carbocycles. The van der Waals surface area contributed by atoms with Gasteiger partial charge in [0, 0.05) is 23.1 Å². The zero-order valence-electron chi connectivity index (χ0n) is 26.8. The van der Waals surface area contributed by atoms with E-state index in [1.54, 1.807) is 79.7 Å². The number of nitrogens with zero attached hydrogens (tertiary/aromatic N) is 3. The highest BCUT2D eigenvalue weighted by Gasteiger charge is 2.43. The number of hydrogen-bond donors (Lipinski definition) is 0. The maximum absolute atomic E-state index is 12.9. The van der Waals surface area contributed by atoms with Gasteiger partial charge in [-0.1, -0.05) is 98.4 Å². The topological polar surface area (TPSA) is 120 Å². The number of rotatable bonds is 13. The number of carbonyl (C=O) groups is 2. The van der Waals surface area contributed by atoms with Gasteiger partial charge in [-0.3, -0.25) is 10.1 Å². The number of fused-ring (bicyclic) bond motifs is 3. The zero-order valence-corrected chi connectivity index (χ0v) is 26.8. The van der Waals surface area contributed by atoms with Crippen molar-refractivity contribution >= 4 is 29.0 Å². The minimum atomic E-state index is -0.654. The Labute approximate surface area is 274 Å². The molecule has 9 heteroatoms. The van der Waals surface area contributed by atoms with E-state index in [0.717, 1.165) is 60.8 Å². The van der Waals surface area contributed by atoms with Gasteiger partial charge in [-0.05, 0) is 78.4 Å². The van der Waals surface area contributed by atoms with Crippen molar-refractivity contribution < 1.29 is 24.2 Å². The first-order chi connectivity index (χ1) is 22.8. The molecular weight excluding hydrogens is 594 g/mol. The number of hydrogen-bond acceptors (Lipinski definition) is 8. The van der Waals surface area contributed by atoms with Gasteiger partial charge >= 0.3 is 11.9 Å². The Bertz CT molecular complexity index is 1830. The van der Waals surface area contributed by atoms with E-state index in [2.05, 4.69) is 24.2 Å². The molecule has 5 rings (SSSR count). The molecule has 0 aliphatic heterocycles. The molecule has 0 saturated heterocycles. The number of nitro groups is 1. The van der Waals surface area contributed by atoms with E-state index >= 15 is 0 Å². The van der Waals surface area contributed by atoms with Gasteiger partial charge in [0.25, 0.3) is 5.69 Å². The summed E-state index contributed by atoms with van der Waals surface area (Å²) in [5.74, 6) is -1.30. The lowest BCUT2D eigenvalue weighted by molar-refractivity contribution is -0.384. The lowest BCUT2D eigenvalue weighted by Crippen LogP contribution is -2.26. The van der Waals surface area contributed by atoms with Gasteiger partial charge in [-0.2, -0.15) is 0 Å². The van der Waals surface area contributed by atoms with Crippen LogP contribution in [-0.2, 0) is 15.1 Å². The van der Waals surface area contributed by atoms with Gasteiger partial charge < -0.3 is 9.68 Å². The number of carbonyl (C=O) groups excluding carboxylic acids is 2. The van der Waals surface area contributed by atoms with Crippen LogP contribution in [0.2, 0.25) is 0 Å². The van der Waals surface area contributed by atoms with Gasteiger partial charge in [0.1, 0.15) is 11.4 Å². The first kappa shape index (κ1) is 32.9. The number of non-ortho nitro benzene ring substituents is 1. The molecule has 0 amide bonds. The maximum Gasteiger partial charge on any atom is 0.365 e. The van der Waals surface area contributed by atoms with Crippen molar-refractivity contribution in [3.8, 4) is 11.1 Å². The molecule has 1 aliphatic rings. The van der Waals surface area contributed by atoms with E-state index in [0.29, 0.717) is 16.7 Å². The summed E-state index contributed by atoms with van der Waals surface area (Å²) in [5, 5.41) is 20.2. The fourth-order valence-electron chi connectivity index (χ4n) is 6.19. The molecule has 47 heavy (non-hydrogen) atoms. The van der Waals surface area contributed by atoms with Crippen LogP contribution in [0.25, 0.3) is 11.1 Å². The summed E-state index contributed by atoms with van der Waals surface area (Å²) in [6, 6.07) is 28.0. The lowest BCUT2D eigenvalue weighted by Gasteiger charge is -2.32. The first-order valence-electron chi connectivity index (χ1n) is 15.9. The predicted octanol–water partition coefficient (Wildman–Crippen LogP) is 9.04. The molecule has 240 valence electrons. The second kappa shape index (κ2) is 14.8. The minimum Gasteiger partial charge on any atom is -0.312 e. The number of benzene rings is 4. The summed E-state index contributed by atoms with van der Waals surface area (Å²) in [4.78, 5) is 47.8. The first-order valence-corrected chi connectivity index (χ1v) is 15.9. The Balaban J connectivity index is 1.62. The maximum atomic E-state index is 12.9. The third-order valence-electron chi connectivity index (χ3n) is 8.59. The van der Waals surface area contributed by atoms with Crippen molar-refractivity contribution in [3.63, 3.8) is 0 Å². The molecule has 0 N–H and O–H groups in total. The molecule has 4 aromatic rings. The standard InChI is InChI=1S/C38H37N3O6/c1-4-6-22-38(23-7-5-2)33-24-29(18-20-31(33)32-21-19-30(41(44)45)25-34(32)38)35(40-47-37(43)28-16-12-9-13-17-28)26(3)39-46-36(42)27-14-10-8-11-15-27/h8-21,24-25H,4-7,22-23H2,1-3H3/b39-26+,40-35-. The van der Waals surface area contributed by atoms with E-state index < -0.39 is 17.4 Å². The van der Waals surface area contributed by atoms with E-state index in [-0.39, 0.29) is 22.0 Å². The fourth-order valence-corrected chi connectivity index (χ4v) is 6.19. The van der Waals surface area contributed by atoms with Crippen LogP contribution in [0.5, 0.6) is 0 Å².